The van der Waals surface area contributed by atoms with Crippen molar-refractivity contribution in [2.75, 3.05) is 20.3 Å². The van der Waals surface area contributed by atoms with Gasteiger partial charge in [0.2, 0.25) is 0 Å². The number of aliphatic carboxylic acids is 1. The molecule has 1 aliphatic rings. The van der Waals surface area contributed by atoms with Gasteiger partial charge in [0, 0.05) is 12.1 Å². The Hall–Kier alpha value is -2.24. The Morgan fingerprint density at radius 1 is 1.21 bits per heavy atom. The lowest BCUT2D eigenvalue weighted by Gasteiger charge is -2.33. The number of methoxy groups -OCH3 is 1. The number of nitrogens with one attached hydrogen (secondary N) is 1. The minimum atomic E-state index is -0.844. The van der Waals surface area contributed by atoms with Crippen LogP contribution in [0.1, 0.15) is 49.4 Å². The molecular formula is C18H25NO5. The molecule has 0 aromatic heterocycles. The molecule has 1 aromatic rings. The van der Waals surface area contributed by atoms with E-state index < -0.39 is 11.4 Å². The highest BCUT2D eigenvalue weighted by molar-refractivity contribution is 5.95. The zero-order valence-electron chi connectivity index (χ0n) is 14.3. The van der Waals surface area contributed by atoms with Crippen molar-refractivity contribution in [1.82, 2.24) is 5.32 Å². The van der Waals surface area contributed by atoms with Crippen LogP contribution < -0.4 is 14.8 Å². The van der Waals surface area contributed by atoms with Gasteiger partial charge in [-0.15, -0.1) is 0 Å². The summed E-state index contributed by atoms with van der Waals surface area (Å²) in [6, 6.07) is 4.94. The van der Waals surface area contributed by atoms with Gasteiger partial charge in [-0.1, -0.05) is 19.3 Å². The summed E-state index contributed by atoms with van der Waals surface area (Å²) in [4.78, 5) is 24.0. The van der Waals surface area contributed by atoms with Crippen LogP contribution in [0, 0.1) is 5.41 Å². The summed E-state index contributed by atoms with van der Waals surface area (Å²) >= 11 is 0. The summed E-state index contributed by atoms with van der Waals surface area (Å²) in [5, 5.41) is 12.3. The molecule has 2 N–H and O–H groups in total. The Morgan fingerprint density at radius 3 is 2.50 bits per heavy atom. The third kappa shape index (κ3) is 3.99. The second kappa shape index (κ2) is 8.04. The van der Waals surface area contributed by atoms with E-state index >= 15 is 0 Å². The lowest BCUT2D eigenvalue weighted by molar-refractivity contribution is -0.150. The van der Waals surface area contributed by atoms with Crippen molar-refractivity contribution in [2.45, 2.75) is 39.0 Å². The molecule has 0 bridgehead atoms. The van der Waals surface area contributed by atoms with Crippen LogP contribution in [0.4, 0.5) is 0 Å². The predicted molar refractivity (Wildman–Crippen MR) is 89.7 cm³/mol. The van der Waals surface area contributed by atoms with Gasteiger partial charge in [-0.3, -0.25) is 9.59 Å². The van der Waals surface area contributed by atoms with E-state index in [1.165, 1.54) is 7.11 Å². The number of ether oxygens (including phenoxy) is 2. The third-order valence-electron chi connectivity index (χ3n) is 4.58. The second-order valence-corrected chi connectivity index (χ2v) is 6.13. The van der Waals surface area contributed by atoms with Crippen molar-refractivity contribution in [3.05, 3.63) is 23.8 Å². The van der Waals surface area contributed by atoms with Crippen LogP contribution >= 0.6 is 0 Å². The molecule has 0 unspecified atom stereocenters. The quantitative estimate of drug-likeness (QED) is 0.800. The highest BCUT2D eigenvalue weighted by Crippen LogP contribution is 2.36. The van der Waals surface area contributed by atoms with Gasteiger partial charge in [0.15, 0.2) is 11.5 Å². The maximum absolute atomic E-state index is 12.4. The lowest BCUT2D eigenvalue weighted by Crippen LogP contribution is -2.44. The average Bonchev–Trinajstić information content (AvgIpc) is 2.61. The molecule has 1 fully saturated rings. The molecule has 0 spiro atoms. The van der Waals surface area contributed by atoms with Crippen LogP contribution in [0.15, 0.2) is 18.2 Å². The van der Waals surface area contributed by atoms with E-state index in [2.05, 4.69) is 5.32 Å². The summed E-state index contributed by atoms with van der Waals surface area (Å²) in [5.74, 6) is -0.0738. The van der Waals surface area contributed by atoms with Crippen LogP contribution in [0.3, 0.4) is 0 Å². The van der Waals surface area contributed by atoms with Crippen LogP contribution in [0.2, 0.25) is 0 Å². The number of carbonyl (C=O) groups is 2. The van der Waals surface area contributed by atoms with Crippen LogP contribution in [0.25, 0.3) is 0 Å². The van der Waals surface area contributed by atoms with Crippen molar-refractivity contribution in [1.29, 1.82) is 0 Å². The number of hydrogen-bond donors (Lipinski definition) is 2. The fraction of sp³-hybridized carbons (Fsp3) is 0.556. The van der Waals surface area contributed by atoms with Gasteiger partial charge in [-0.2, -0.15) is 0 Å². The molecule has 0 saturated heterocycles. The average molecular weight is 335 g/mol. The minimum absolute atomic E-state index is 0.149. The first-order valence-corrected chi connectivity index (χ1v) is 8.35. The van der Waals surface area contributed by atoms with Crippen LogP contribution in [-0.4, -0.2) is 37.2 Å². The topological polar surface area (TPSA) is 84.9 Å². The maximum atomic E-state index is 12.4. The van der Waals surface area contributed by atoms with E-state index in [1.54, 1.807) is 18.2 Å². The normalized spacial score (nSPS) is 16.2. The van der Waals surface area contributed by atoms with Gasteiger partial charge in [0.05, 0.1) is 19.1 Å². The molecule has 132 valence electrons. The summed E-state index contributed by atoms with van der Waals surface area (Å²) in [5.41, 5.74) is -0.421. The molecule has 1 saturated carbocycles. The molecule has 0 atom stereocenters. The largest absolute Gasteiger partial charge is 0.493 e. The SMILES string of the molecule is CCOc1ccc(C(=O)NCC2(C(=O)O)CCCCC2)cc1OC. The fourth-order valence-corrected chi connectivity index (χ4v) is 3.13. The minimum Gasteiger partial charge on any atom is -0.493 e. The van der Waals surface area contributed by atoms with Gasteiger partial charge in [-0.05, 0) is 38.0 Å². The Balaban J connectivity index is 2.07. The Morgan fingerprint density at radius 2 is 1.92 bits per heavy atom. The van der Waals surface area contributed by atoms with Crippen LogP contribution in [-0.2, 0) is 4.79 Å². The first kappa shape index (κ1) is 18.1. The van der Waals surface area contributed by atoms with Gasteiger partial charge < -0.3 is 19.9 Å². The van der Waals surface area contributed by atoms with Crippen LogP contribution in [0.5, 0.6) is 11.5 Å². The number of carbonyl (C=O) groups excluding carboxylic acids is 1. The summed E-state index contributed by atoms with van der Waals surface area (Å²) in [7, 11) is 1.51. The number of carboxylic acids is 1. The molecule has 2 rings (SSSR count). The van der Waals surface area contributed by atoms with E-state index in [0.29, 0.717) is 36.5 Å². The van der Waals surface area contributed by atoms with Crippen molar-refractivity contribution >= 4 is 11.9 Å². The van der Waals surface area contributed by atoms with Gasteiger partial charge in [0.1, 0.15) is 0 Å². The maximum Gasteiger partial charge on any atom is 0.311 e. The molecule has 6 heteroatoms. The number of carboxylic acid groups (broad SMARTS) is 1. The standard InChI is InChI=1S/C18H25NO5/c1-3-24-14-8-7-13(11-15(14)23-2)16(20)19-12-18(17(21)22)9-5-4-6-10-18/h7-8,11H,3-6,9-10,12H2,1-2H3,(H,19,20)(H,21,22). The molecule has 24 heavy (non-hydrogen) atoms. The molecular weight excluding hydrogens is 310 g/mol. The highest BCUT2D eigenvalue weighted by Gasteiger charge is 2.39. The first-order chi connectivity index (χ1) is 11.5. The van der Waals surface area contributed by atoms with E-state index in [-0.39, 0.29) is 12.5 Å². The van der Waals surface area contributed by atoms with Gasteiger partial charge in [0.25, 0.3) is 5.91 Å². The van der Waals surface area contributed by atoms with E-state index in [0.717, 1.165) is 19.3 Å². The zero-order chi connectivity index (χ0) is 17.6. The highest BCUT2D eigenvalue weighted by atomic mass is 16.5. The van der Waals surface area contributed by atoms with E-state index in [1.807, 2.05) is 6.92 Å². The Kier molecular flexibility index (Phi) is 6.06. The number of amides is 1. The molecule has 0 aliphatic heterocycles. The Labute approximate surface area is 142 Å². The molecule has 0 heterocycles. The van der Waals surface area contributed by atoms with Crippen molar-refractivity contribution in [3.8, 4) is 11.5 Å². The van der Waals surface area contributed by atoms with Gasteiger partial charge in [-0.25, -0.2) is 0 Å². The number of rotatable bonds is 7. The Bertz CT molecular complexity index is 593. The van der Waals surface area contributed by atoms with E-state index in [4.69, 9.17) is 9.47 Å². The number of hydrogen-bond acceptors (Lipinski definition) is 4. The molecule has 1 aromatic carbocycles. The fourth-order valence-electron chi connectivity index (χ4n) is 3.13. The zero-order valence-corrected chi connectivity index (χ0v) is 14.3. The summed E-state index contributed by atoms with van der Waals surface area (Å²) < 4.78 is 10.7. The first-order valence-electron chi connectivity index (χ1n) is 8.35. The third-order valence-corrected chi connectivity index (χ3v) is 4.58. The van der Waals surface area contributed by atoms with Crippen molar-refractivity contribution in [2.24, 2.45) is 5.41 Å². The molecule has 1 aliphatic carbocycles. The number of benzene rings is 1. The van der Waals surface area contributed by atoms with E-state index in [9.17, 15) is 14.7 Å². The molecule has 0 radical (unpaired) electrons. The molecule has 6 nitrogen and oxygen atoms in total. The summed E-state index contributed by atoms with van der Waals surface area (Å²) in [6.45, 7) is 2.52. The monoisotopic (exact) mass is 335 g/mol. The smallest absolute Gasteiger partial charge is 0.311 e. The van der Waals surface area contributed by atoms with Gasteiger partial charge >= 0.3 is 5.97 Å². The summed E-state index contributed by atoms with van der Waals surface area (Å²) in [6.07, 6.45) is 4.04. The van der Waals surface area contributed by atoms with Crippen molar-refractivity contribution in [3.63, 3.8) is 0 Å². The predicted octanol–water partition coefficient (Wildman–Crippen LogP) is 2.86. The second-order valence-electron chi connectivity index (χ2n) is 6.13. The lowest BCUT2D eigenvalue weighted by atomic mass is 9.74. The van der Waals surface area contributed by atoms with Crippen molar-refractivity contribution < 1.29 is 24.2 Å². The molecule has 1 amide bonds.